The van der Waals surface area contributed by atoms with Gasteiger partial charge in [0, 0.05) is 11.4 Å². The average Bonchev–Trinajstić information content (AvgIpc) is 2.52. The summed E-state index contributed by atoms with van der Waals surface area (Å²) in [6.07, 6.45) is 1.02. The molecule has 0 heterocycles. The first kappa shape index (κ1) is 15.0. The lowest BCUT2D eigenvalue weighted by Gasteiger charge is -2.10. The third-order valence-corrected chi connectivity index (χ3v) is 4.30. The van der Waals surface area contributed by atoms with Gasteiger partial charge in [-0.15, -0.1) is 23.4 Å². The first-order chi connectivity index (χ1) is 9.90. The third-order valence-electron chi connectivity index (χ3n) is 2.79. The lowest BCUT2D eigenvalue weighted by atomic mass is 10.1. The number of hydrogen-bond acceptors (Lipinski definition) is 1. The number of halogens is 1. The monoisotopic (exact) mass is 300 g/mol. The highest BCUT2D eigenvalue weighted by Crippen LogP contribution is 2.28. The summed E-state index contributed by atoms with van der Waals surface area (Å²) in [6, 6.07) is 20.6. The van der Waals surface area contributed by atoms with Gasteiger partial charge in [0.1, 0.15) is 0 Å². The van der Waals surface area contributed by atoms with Crippen LogP contribution in [0.1, 0.15) is 22.8 Å². The molecule has 2 rings (SSSR count). The van der Waals surface area contributed by atoms with Crippen molar-refractivity contribution in [3.63, 3.8) is 0 Å². The van der Waals surface area contributed by atoms with Crippen LogP contribution < -0.4 is 0 Å². The molecule has 0 aromatic heterocycles. The van der Waals surface area contributed by atoms with Crippen molar-refractivity contribution in [1.82, 2.24) is 0 Å². The highest BCUT2D eigenvalue weighted by atomic mass is 35.5. The molecule has 0 nitrogen and oxygen atoms in total. The summed E-state index contributed by atoms with van der Waals surface area (Å²) in [5.41, 5.74) is 2.32. The molecule has 0 aliphatic heterocycles. The van der Waals surface area contributed by atoms with Crippen LogP contribution in [0.3, 0.4) is 0 Å². The van der Waals surface area contributed by atoms with Crippen LogP contribution in [0.4, 0.5) is 0 Å². The molecule has 2 aromatic carbocycles. The molecule has 0 fully saturated rings. The molecular weight excluding hydrogens is 284 g/mol. The second kappa shape index (κ2) is 8.74. The number of benzene rings is 2. The Morgan fingerprint density at radius 3 is 2.25 bits per heavy atom. The lowest BCUT2D eigenvalue weighted by molar-refractivity contribution is 1.11. The Labute approximate surface area is 130 Å². The number of hydrogen-bond donors (Lipinski definition) is 0. The molecular formula is C18H17ClS. The second-order valence-electron chi connectivity index (χ2n) is 4.34. The van der Waals surface area contributed by atoms with Crippen molar-refractivity contribution in [2.45, 2.75) is 11.7 Å². The fraction of sp³-hybridized carbons (Fsp3) is 0.222. The minimum atomic E-state index is 0.208. The highest BCUT2D eigenvalue weighted by molar-refractivity contribution is 7.99. The Bertz CT molecular complexity index is 554. The van der Waals surface area contributed by atoms with Crippen molar-refractivity contribution in [2.24, 2.45) is 0 Å². The van der Waals surface area contributed by atoms with E-state index in [0.717, 1.165) is 17.7 Å². The molecule has 0 aliphatic rings. The van der Waals surface area contributed by atoms with E-state index in [9.17, 15) is 0 Å². The Hall–Kier alpha value is -1.36. The zero-order chi connectivity index (χ0) is 14.0. The van der Waals surface area contributed by atoms with Gasteiger partial charge in [0.15, 0.2) is 0 Å². The molecule has 0 saturated heterocycles. The summed E-state index contributed by atoms with van der Waals surface area (Å²) in [5.74, 6) is 8.39. The zero-order valence-electron chi connectivity index (χ0n) is 11.3. The van der Waals surface area contributed by atoms with Gasteiger partial charge in [-0.05, 0) is 29.9 Å². The maximum Gasteiger partial charge on any atom is 0.0909 e. The van der Waals surface area contributed by atoms with E-state index in [1.807, 2.05) is 48.2 Å². The van der Waals surface area contributed by atoms with Crippen molar-refractivity contribution in [3.8, 4) is 11.8 Å². The number of thioether (sulfide) groups is 1. The Balaban J connectivity index is 2.13. The maximum atomic E-state index is 5.75. The van der Waals surface area contributed by atoms with Gasteiger partial charge < -0.3 is 0 Å². The van der Waals surface area contributed by atoms with Crippen LogP contribution >= 0.6 is 23.4 Å². The summed E-state index contributed by atoms with van der Waals surface area (Å²) < 4.78 is 0. The van der Waals surface area contributed by atoms with E-state index in [2.05, 4.69) is 36.1 Å². The van der Waals surface area contributed by atoms with Crippen molar-refractivity contribution in [3.05, 3.63) is 71.8 Å². The van der Waals surface area contributed by atoms with Gasteiger partial charge in [-0.25, -0.2) is 0 Å². The molecule has 0 radical (unpaired) electrons. The fourth-order valence-electron chi connectivity index (χ4n) is 1.78. The van der Waals surface area contributed by atoms with Gasteiger partial charge >= 0.3 is 0 Å². The molecule has 1 atom stereocenters. The van der Waals surface area contributed by atoms with E-state index < -0.39 is 0 Å². The number of alkyl halides is 1. The average molecular weight is 301 g/mol. The van der Waals surface area contributed by atoms with E-state index >= 15 is 0 Å². The molecule has 102 valence electrons. The summed E-state index contributed by atoms with van der Waals surface area (Å²) in [6.45, 7) is 0. The SMILES string of the molecule is ClCCCSC(C#Cc1ccccc1)c1ccccc1. The van der Waals surface area contributed by atoms with Gasteiger partial charge in [0.2, 0.25) is 0 Å². The van der Waals surface area contributed by atoms with Crippen molar-refractivity contribution >= 4 is 23.4 Å². The Morgan fingerprint density at radius 1 is 0.950 bits per heavy atom. The van der Waals surface area contributed by atoms with Gasteiger partial charge in [0.25, 0.3) is 0 Å². The molecule has 1 unspecified atom stereocenters. The minimum Gasteiger partial charge on any atom is -0.140 e. The van der Waals surface area contributed by atoms with Crippen LogP contribution in [0.25, 0.3) is 0 Å². The molecule has 0 saturated carbocycles. The van der Waals surface area contributed by atoms with Crippen LogP contribution in [0, 0.1) is 11.8 Å². The molecule has 0 N–H and O–H groups in total. The topological polar surface area (TPSA) is 0 Å². The fourth-order valence-corrected chi connectivity index (χ4v) is 3.11. The molecule has 0 amide bonds. The van der Waals surface area contributed by atoms with Crippen molar-refractivity contribution < 1.29 is 0 Å². The van der Waals surface area contributed by atoms with Gasteiger partial charge in [-0.3, -0.25) is 0 Å². The third kappa shape index (κ3) is 4.96. The predicted molar refractivity (Wildman–Crippen MR) is 90.3 cm³/mol. The standard InChI is InChI=1S/C18H17ClS/c19-14-7-15-20-18(17-10-5-2-6-11-17)13-12-16-8-3-1-4-9-16/h1-6,8-11,18H,7,14-15H2. The second-order valence-corrected chi connectivity index (χ2v) is 5.93. The Morgan fingerprint density at radius 2 is 1.60 bits per heavy atom. The summed E-state index contributed by atoms with van der Waals surface area (Å²) in [4.78, 5) is 0. The first-order valence-electron chi connectivity index (χ1n) is 6.69. The summed E-state index contributed by atoms with van der Waals surface area (Å²) in [7, 11) is 0. The van der Waals surface area contributed by atoms with E-state index in [1.54, 1.807) is 0 Å². The molecule has 0 spiro atoms. The lowest BCUT2D eigenvalue weighted by Crippen LogP contribution is -1.93. The summed E-state index contributed by atoms with van der Waals surface area (Å²) in [5, 5.41) is 0.208. The molecule has 0 aliphatic carbocycles. The van der Waals surface area contributed by atoms with Crippen LogP contribution in [0.2, 0.25) is 0 Å². The minimum absolute atomic E-state index is 0.208. The van der Waals surface area contributed by atoms with Crippen LogP contribution in [0.5, 0.6) is 0 Å². The Kier molecular flexibility index (Phi) is 6.57. The summed E-state index contributed by atoms with van der Waals surface area (Å²) >= 11 is 7.61. The van der Waals surface area contributed by atoms with Crippen LogP contribution in [-0.4, -0.2) is 11.6 Å². The van der Waals surface area contributed by atoms with Crippen LogP contribution in [0.15, 0.2) is 60.7 Å². The molecule has 2 aromatic rings. The van der Waals surface area contributed by atoms with E-state index in [-0.39, 0.29) is 5.25 Å². The van der Waals surface area contributed by atoms with Crippen LogP contribution in [-0.2, 0) is 0 Å². The molecule has 20 heavy (non-hydrogen) atoms. The zero-order valence-corrected chi connectivity index (χ0v) is 12.8. The predicted octanol–water partition coefficient (Wildman–Crippen LogP) is 5.14. The smallest absolute Gasteiger partial charge is 0.0909 e. The van der Waals surface area contributed by atoms with Gasteiger partial charge in [0.05, 0.1) is 5.25 Å². The van der Waals surface area contributed by atoms with Crippen molar-refractivity contribution in [2.75, 3.05) is 11.6 Å². The molecule has 2 heteroatoms. The van der Waals surface area contributed by atoms with E-state index in [0.29, 0.717) is 5.88 Å². The van der Waals surface area contributed by atoms with E-state index in [4.69, 9.17) is 11.6 Å². The normalized spacial score (nSPS) is 11.4. The van der Waals surface area contributed by atoms with Gasteiger partial charge in [-0.2, -0.15) is 0 Å². The quantitative estimate of drug-likeness (QED) is 0.418. The maximum absolute atomic E-state index is 5.75. The van der Waals surface area contributed by atoms with Gasteiger partial charge in [-0.1, -0.05) is 60.4 Å². The number of rotatable bonds is 5. The largest absolute Gasteiger partial charge is 0.140 e. The molecule has 0 bridgehead atoms. The first-order valence-corrected chi connectivity index (χ1v) is 8.27. The highest BCUT2D eigenvalue weighted by Gasteiger charge is 2.07. The van der Waals surface area contributed by atoms with E-state index in [1.165, 1.54) is 5.56 Å². The van der Waals surface area contributed by atoms with Crippen molar-refractivity contribution in [1.29, 1.82) is 0 Å².